The molecule has 1 aliphatic rings. The van der Waals surface area contributed by atoms with E-state index in [1.54, 1.807) is 29.5 Å². The zero-order valence-corrected chi connectivity index (χ0v) is 18.6. The standard InChI is InChI=1S/C21H21Cl2N3O2S/c1-13-3-4-14(2)20-19(13)24-21(29-20)26-9-7-25(8-10-26)18(27)12-28-17-6-5-15(22)11-16(17)23/h3-6,11H,7-10,12H2,1-2H3. The van der Waals surface area contributed by atoms with Crippen LogP contribution < -0.4 is 9.64 Å². The van der Waals surface area contributed by atoms with Crippen molar-refractivity contribution in [1.29, 1.82) is 0 Å². The molecule has 0 radical (unpaired) electrons. The van der Waals surface area contributed by atoms with Gasteiger partial charge in [0.25, 0.3) is 5.91 Å². The van der Waals surface area contributed by atoms with Crippen molar-refractivity contribution in [3.05, 3.63) is 51.5 Å². The summed E-state index contributed by atoms with van der Waals surface area (Å²) in [4.78, 5) is 21.5. The van der Waals surface area contributed by atoms with Gasteiger partial charge in [0.1, 0.15) is 5.75 Å². The average molecular weight is 450 g/mol. The van der Waals surface area contributed by atoms with Gasteiger partial charge in [-0.15, -0.1) is 0 Å². The molecule has 8 heteroatoms. The number of ether oxygens (including phenoxy) is 1. The summed E-state index contributed by atoms with van der Waals surface area (Å²) in [5.41, 5.74) is 3.53. The van der Waals surface area contributed by atoms with Crippen LogP contribution in [0.2, 0.25) is 10.0 Å². The Morgan fingerprint density at radius 2 is 1.83 bits per heavy atom. The summed E-state index contributed by atoms with van der Waals surface area (Å²) in [7, 11) is 0. The monoisotopic (exact) mass is 449 g/mol. The van der Waals surface area contributed by atoms with Crippen molar-refractivity contribution in [3.63, 3.8) is 0 Å². The predicted molar refractivity (Wildman–Crippen MR) is 120 cm³/mol. The molecular formula is C21H21Cl2N3O2S. The molecule has 0 atom stereocenters. The summed E-state index contributed by atoms with van der Waals surface area (Å²) >= 11 is 13.7. The van der Waals surface area contributed by atoms with Gasteiger partial charge in [-0.3, -0.25) is 4.79 Å². The molecule has 0 unspecified atom stereocenters. The summed E-state index contributed by atoms with van der Waals surface area (Å²) in [6, 6.07) is 9.22. The molecule has 1 amide bonds. The van der Waals surface area contributed by atoms with E-state index in [-0.39, 0.29) is 12.5 Å². The molecule has 0 N–H and O–H groups in total. The molecule has 1 fully saturated rings. The van der Waals surface area contributed by atoms with E-state index in [9.17, 15) is 4.79 Å². The predicted octanol–water partition coefficient (Wildman–Crippen LogP) is 4.95. The van der Waals surface area contributed by atoms with Gasteiger partial charge >= 0.3 is 0 Å². The van der Waals surface area contributed by atoms with Gasteiger partial charge in [-0.2, -0.15) is 0 Å². The second-order valence-electron chi connectivity index (χ2n) is 7.10. The van der Waals surface area contributed by atoms with Gasteiger partial charge < -0.3 is 14.5 Å². The molecule has 0 bridgehead atoms. The van der Waals surface area contributed by atoms with E-state index in [2.05, 4.69) is 30.9 Å². The maximum absolute atomic E-state index is 12.5. The second-order valence-corrected chi connectivity index (χ2v) is 8.93. The molecule has 0 aliphatic carbocycles. The Labute approximate surface area is 183 Å². The molecule has 0 saturated carbocycles. The fourth-order valence-electron chi connectivity index (χ4n) is 3.35. The lowest BCUT2D eigenvalue weighted by Gasteiger charge is -2.34. The van der Waals surface area contributed by atoms with Gasteiger partial charge in [-0.25, -0.2) is 4.98 Å². The van der Waals surface area contributed by atoms with Crippen molar-refractivity contribution in [2.75, 3.05) is 37.7 Å². The first kappa shape index (κ1) is 20.3. The minimum Gasteiger partial charge on any atom is -0.482 e. The van der Waals surface area contributed by atoms with Crippen LogP contribution >= 0.6 is 34.5 Å². The van der Waals surface area contributed by atoms with Crippen LogP contribution in [0.5, 0.6) is 5.75 Å². The normalized spacial score (nSPS) is 14.5. The highest BCUT2D eigenvalue weighted by atomic mass is 35.5. The summed E-state index contributed by atoms with van der Waals surface area (Å²) < 4.78 is 6.82. The molecule has 3 aromatic rings. The Bertz CT molecular complexity index is 1020. The van der Waals surface area contributed by atoms with Crippen molar-refractivity contribution in [1.82, 2.24) is 9.88 Å². The number of hydrogen-bond donors (Lipinski definition) is 0. The van der Waals surface area contributed by atoms with E-state index in [0.717, 1.165) is 23.7 Å². The third-order valence-corrected chi connectivity index (χ3v) is 6.86. The lowest BCUT2D eigenvalue weighted by molar-refractivity contribution is -0.133. The molecule has 0 spiro atoms. The van der Waals surface area contributed by atoms with Gasteiger partial charge in [0.05, 0.1) is 15.2 Å². The van der Waals surface area contributed by atoms with E-state index < -0.39 is 0 Å². The summed E-state index contributed by atoms with van der Waals surface area (Å²) in [5, 5.41) is 1.95. The summed E-state index contributed by atoms with van der Waals surface area (Å²) in [5.74, 6) is 0.412. The zero-order chi connectivity index (χ0) is 20.5. The zero-order valence-electron chi connectivity index (χ0n) is 16.2. The Morgan fingerprint density at radius 1 is 1.10 bits per heavy atom. The lowest BCUT2D eigenvalue weighted by atomic mass is 10.1. The van der Waals surface area contributed by atoms with Crippen LogP contribution in [0.4, 0.5) is 5.13 Å². The van der Waals surface area contributed by atoms with Crippen molar-refractivity contribution in [2.24, 2.45) is 0 Å². The van der Waals surface area contributed by atoms with Crippen molar-refractivity contribution >= 4 is 55.8 Å². The number of piperazine rings is 1. The number of aromatic nitrogens is 1. The molecule has 152 valence electrons. The quantitative estimate of drug-likeness (QED) is 0.565. The lowest BCUT2D eigenvalue weighted by Crippen LogP contribution is -2.50. The maximum atomic E-state index is 12.5. The first-order chi connectivity index (χ1) is 13.9. The van der Waals surface area contributed by atoms with E-state index >= 15 is 0 Å². The van der Waals surface area contributed by atoms with Crippen LogP contribution in [-0.4, -0.2) is 48.6 Å². The van der Waals surface area contributed by atoms with Crippen molar-refractivity contribution in [3.8, 4) is 5.75 Å². The van der Waals surface area contributed by atoms with Gasteiger partial charge in [0.15, 0.2) is 11.7 Å². The number of benzene rings is 2. The molecule has 29 heavy (non-hydrogen) atoms. The van der Waals surface area contributed by atoms with Crippen molar-refractivity contribution < 1.29 is 9.53 Å². The molecule has 4 rings (SSSR count). The second kappa shape index (κ2) is 8.38. The smallest absolute Gasteiger partial charge is 0.260 e. The molecular weight excluding hydrogens is 429 g/mol. The fraction of sp³-hybridized carbons (Fsp3) is 0.333. The Kier molecular flexibility index (Phi) is 5.86. The highest BCUT2D eigenvalue weighted by molar-refractivity contribution is 7.22. The average Bonchev–Trinajstić information content (AvgIpc) is 3.17. The molecule has 1 aromatic heterocycles. The highest BCUT2D eigenvalue weighted by Crippen LogP contribution is 2.33. The van der Waals surface area contributed by atoms with Gasteiger partial charge in [-0.05, 0) is 43.2 Å². The number of rotatable bonds is 4. The number of carbonyl (C=O) groups is 1. The number of thiazole rings is 1. The van der Waals surface area contributed by atoms with E-state index in [1.807, 2.05) is 4.90 Å². The maximum Gasteiger partial charge on any atom is 0.260 e. The Hall–Kier alpha value is -2.02. The Morgan fingerprint density at radius 3 is 2.52 bits per heavy atom. The van der Waals surface area contributed by atoms with Crippen LogP contribution in [0.3, 0.4) is 0 Å². The van der Waals surface area contributed by atoms with E-state index in [1.165, 1.54) is 15.8 Å². The first-order valence-corrected chi connectivity index (χ1v) is 11.0. The van der Waals surface area contributed by atoms with Crippen LogP contribution in [0.15, 0.2) is 30.3 Å². The number of fused-ring (bicyclic) bond motifs is 1. The number of aryl methyl sites for hydroxylation is 2. The van der Waals surface area contributed by atoms with Crippen LogP contribution in [0, 0.1) is 13.8 Å². The number of anilines is 1. The third-order valence-electron chi connectivity index (χ3n) is 5.08. The molecule has 2 aromatic carbocycles. The summed E-state index contributed by atoms with van der Waals surface area (Å²) in [6.45, 7) is 6.97. The van der Waals surface area contributed by atoms with E-state index in [4.69, 9.17) is 32.9 Å². The largest absolute Gasteiger partial charge is 0.482 e. The SMILES string of the molecule is Cc1ccc(C)c2sc(N3CCN(C(=O)COc4ccc(Cl)cc4Cl)CC3)nc12. The van der Waals surface area contributed by atoms with Gasteiger partial charge in [0.2, 0.25) is 0 Å². The van der Waals surface area contributed by atoms with Crippen LogP contribution in [0.1, 0.15) is 11.1 Å². The van der Waals surface area contributed by atoms with Crippen molar-refractivity contribution in [2.45, 2.75) is 13.8 Å². The summed E-state index contributed by atoms with van der Waals surface area (Å²) in [6.07, 6.45) is 0. The van der Waals surface area contributed by atoms with E-state index in [0.29, 0.717) is 28.9 Å². The fourth-order valence-corrected chi connectivity index (χ4v) is 4.98. The molecule has 1 saturated heterocycles. The molecule has 5 nitrogen and oxygen atoms in total. The topological polar surface area (TPSA) is 45.7 Å². The molecule has 1 aliphatic heterocycles. The number of halogens is 2. The minimum absolute atomic E-state index is 0.0408. The number of nitrogens with zero attached hydrogens (tertiary/aromatic N) is 3. The van der Waals surface area contributed by atoms with Crippen LogP contribution in [-0.2, 0) is 4.79 Å². The van der Waals surface area contributed by atoms with Gasteiger partial charge in [-0.1, -0.05) is 46.7 Å². The van der Waals surface area contributed by atoms with Gasteiger partial charge in [0, 0.05) is 31.2 Å². The first-order valence-electron chi connectivity index (χ1n) is 9.39. The minimum atomic E-state index is -0.0494. The van der Waals surface area contributed by atoms with Crippen LogP contribution in [0.25, 0.3) is 10.2 Å². The highest BCUT2D eigenvalue weighted by Gasteiger charge is 2.24. The third kappa shape index (κ3) is 4.29. The number of carbonyl (C=O) groups excluding carboxylic acids is 1. The number of hydrogen-bond acceptors (Lipinski definition) is 5. The molecule has 2 heterocycles. The number of amides is 1. The Balaban J connectivity index is 1.36.